The Balaban J connectivity index is 1.46. The fourth-order valence-corrected chi connectivity index (χ4v) is 3.78. The van der Waals surface area contributed by atoms with Crippen LogP contribution in [0.25, 0.3) is 0 Å². The molecular weight excluding hydrogens is 320 g/mol. The molecule has 2 fully saturated rings. The van der Waals surface area contributed by atoms with Gasteiger partial charge in [-0.25, -0.2) is 9.97 Å². The topological polar surface area (TPSA) is 73.4 Å². The monoisotopic (exact) mass is 344 g/mol. The van der Waals surface area contributed by atoms with Gasteiger partial charge >= 0.3 is 0 Å². The van der Waals surface area contributed by atoms with E-state index in [9.17, 15) is 4.79 Å². The molecule has 0 spiro atoms. The number of carbonyl (C=O) groups excluding carboxylic acids is 1. The molecule has 2 aromatic rings. The highest BCUT2D eigenvalue weighted by Gasteiger charge is 2.32. The van der Waals surface area contributed by atoms with Gasteiger partial charge in [0, 0.05) is 44.6 Å². The number of ether oxygens (including phenoxy) is 1. The van der Waals surface area contributed by atoms with Gasteiger partial charge in [0.15, 0.2) is 11.6 Å². The Morgan fingerprint density at radius 1 is 1.32 bits per heavy atom. The summed E-state index contributed by atoms with van der Waals surface area (Å²) in [7, 11) is 0. The van der Waals surface area contributed by atoms with Gasteiger partial charge in [-0.05, 0) is 32.6 Å². The first-order valence-electron chi connectivity index (χ1n) is 9.04. The molecule has 2 aliphatic heterocycles. The summed E-state index contributed by atoms with van der Waals surface area (Å²) in [5.74, 6) is 1.89. The average Bonchev–Trinajstić information content (AvgIpc) is 3.37. The minimum Gasteiger partial charge on any atom is -0.448 e. The first-order valence-corrected chi connectivity index (χ1v) is 9.04. The third-order valence-corrected chi connectivity index (χ3v) is 5.28. The van der Waals surface area contributed by atoms with E-state index >= 15 is 0 Å². The summed E-state index contributed by atoms with van der Waals surface area (Å²) in [4.78, 5) is 23.6. The summed E-state index contributed by atoms with van der Waals surface area (Å²) in [6, 6.07) is 0.184. The maximum atomic E-state index is 12.9. The number of aromatic nitrogens is 3. The van der Waals surface area contributed by atoms with Crippen molar-refractivity contribution in [3.05, 3.63) is 36.1 Å². The molecule has 0 bridgehead atoms. The van der Waals surface area contributed by atoms with E-state index in [1.54, 1.807) is 6.20 Å². The maximum Gasteiger partial charge on any atom is 0.276 e. The molecule has 4 rings (SSSR count). The van der Waals surface area contributed by atoms with E-state index in [-0.39, 0.29) is 17.9 Å². The normalized spacial score (nSPS) is 21.8. The van der Waals surface area contributed by atoms with E-state index < -0.39 is 0 Å². The first-order chi connectivity index (χ1) is 12.2. The van der Waals surface area contributed by atoms with Crippen LogP contribution in [0.4, 0.5) is 0 Å². The average molecular weight is 344 g/mol. The molecule has 2 aromatic heterocycles. The molecule has 0 aliphatic carbocycles. The zero-order valence-electron chi connectivity index (χ0n) is 14.6. The van der Waals surface area contributed by atoms with Crippen LogP contribution in [-0.2, 0) is 11.3 Å². The third kappa shape index (κ3) is 3.33. The van der Waals surface area contributed by atoms with Crippen molar-refractivity contribution in [3.8, 4) is 0 Å². The molecule has 7 heteroatoms. The maximum absolute atomic E-state index is 12.9. The summed E-state index contributed by atoms with van der Waals surface area (Å²) >= 11 is 0. The zero-order valence-corrected chi connectivity index (χ0v) is 14.6. The van der Waals surface area contributed by atoms with Crippen LogP contribution in [-0.4, -0.2) is 51.1 Å². The Hall–Kier alpha value is -2.15. The molecule has 0 radical (unpaired) electrons. The number of amides is 1. The van der Waals surface area contributed by atoms with Crippen molar-refractivity contribution in [3.63, 3.8) is 0 Å². The van der Waals surface area contributed by atoms with Gasteiger partial charge in [-0.2, -0.15) is 0 Å². The summed E-state index contributed by atoms with van der Waals surface area (Å²) in [6.07, 6.45) is 9.12. The van der Waals surface area contributed by atoms with Crippen molar-refractivity contribution in [2.45, 2.75) is 51.1 Å². The standard InChI is InChI=1S/C18H24N4O3/c1-13-19-6-8-21(13)11-15-3-2-7-22(15)18(23)16-12-25-17(20-16)14-4-9-24-10-5-14/h6,8,12,14-15H,2-5,7,9-11H2,1H3. The summed E-state index contributed by atoms with van der Waals surface area (Å²) in [6.45, 7) is 5.00. The fraction of sp³-hybridized carbons (Fsp3) is 0.611. The molecule has 0 N–H and O–H groups in total. The lowest BCUT2D eigenvalue weighted by Crippen LogP contribution is -2.38. The highest BCUT2D eigenvalue weighted by atomic mass is 16.5. The number of likely N-dealkylation sites (tertiary alicyclic amines) is 1. The predicted octanol–water partition coefficient (Wildman–Crippen LogP) is 2.38. The second-order valence-electron chi connectivity index (χ2n) is 6.88. The van der Waals surface area contributed by atoms with Crippen molar-refractivity contribution < 1.29 is 13.9 Å². The number of nitrogens with zero attached hydrogens (tertiary/aromatic N) is 4. The molecular formula is C18H24N4O3. The number of hydrogen-bond donors (Lipinski definition) is 0. The summed E-state index contributed by atoms with van der Waals surface area (Å²) in [5, 5.41) is 0. The Labute approximate surface area is 147 Å². The second-order valence-corrected chi connectivity index (χ2v) is 6.88. The molecule has 0 aromatic carbocycles. The van der Waals surface area contributed by atoms with E-state index in [2.05, 4.69) is 14.5 Å². The smallest absolute Gasteiger partial charge is 0.276 e. The van der Waals surface area contributed by atoms with Crippen LogP contribution in [0.2, 0.25) is 0 Å². The molecule has 2 aliphatic rings. The van der Waals surface area contributed by atoms with Crippen molar-refractivity contribution >= 4 is 5.91 Å². The van der Waals surface area contributed by atoms with Crippen LogP contribution in [0.3, 0.4) is 0 Å². The highest BCUT2D eigenvalue weighted by molar-refractivity contribution is 5.92. The highest BCUT2D eigenvalue weighted by Crippen LogP contribution is 2.27. The van der Waals surface area contributed by atoms with Gasteiger partial charge in [0.25, 0.3) is 5.91 Å². The lowest BCUT2D eigenvalue weighted by molar-refractivity contribution is 0.0717. The van der Waals surface area contributed by atoms with Gasteiger partial charge in [0.1, 0.15) is 12.1 Å². The van der Waals surface area contributed by atoms with Crippen LogP contribution in [0.5, 0.6) is 0 Å². The van der Waals surface area contributed by atoms with Crippen LogP contribution >= 0.6 is 0 Å². The van der Waals surface area contributed by atoms with E-state index in [1.165, 1.54) is 6.26 Å². The van der Waals surface area contributed by atoms with E-state index in [4.69, 9.17) is 9.15 Å². The number of carbonyl (C=O) groups is 1. The molecule has 1 atom stereocenters. The Morgan fingerprint density at radius 2 is 2.16 bits per heavy atom. The van der Waals surface area contributed by atoms with Crippen molar-refractivity contribution in [2.24, 2.45) is 0 Å². The molecule has 4 heterocycles. The van der Waals surface area contributed by atoms with E-state index in [1.807, 2.05) is 18.0 Å². The minimum atomic E-state index is -0.0256. The van der Waals surface area contributed by atoms with Gasteiger partial charge in [-0.3, -0.25) is 4.79 Å². The van der Waals surface area contributed by atoms with Crippen LogP contribution in [0.1, 0.15) is 53.8 Å². The third-order valence-electron chi connectivity index (χ3n) is 5.28. The van der Waals surface area contributed by atoms with Gasteiger partial charge in [-0.1, -0.05) is 0 Å². The molecule has 25 heavy (non-hydrogen) atoms. The van der Waals surface area contributed by atoms with Gasteiger partial charge in [-0.15, -0.1) is 0 Å². The van der Waals surface area contributed by atoms with Crippen molar-refractivity contribution in [1.29, 1.82) is 0 Å². The van der Waals surface area contributed by atoms with Crippen LogP contribution < -0.4 is 0 Å². The quantitative estimate of drug-likeness (QED) is 0.851. The zero-order chi connectivity index (χ0) is 17.2. The number of oxazole rings is 1. The lowest BCUT2D eigenvalue weighted by Gasteiger charge is -2.24. The minimum absolute atomic E-state index is 0.0256. The summed E-state index contributed by atoms with van der Waals surface area (Å²) < 4.78 is 13.1. The number of imidazole rings is 1. The second kappa shape index (κ2) is 7.00. The molecule has 7 nitrogen and oxygen atoms in total. The van der Waals surface area contributed by atoms with Crippen LogP contribution in [0, 0.1) is 6.92 Å². The van der Waals surface area contributed by atoms with E-state index in [0.717, 1.165) is 57.8 Å². The lowest BCUT2D eigenvalue weighted by atomic mass is 10.0. The molecule has 134 valence electrons. The number of aryl methyl sites for hydroxylation is 1. The van der Waals surface area contributed by atoms with Crippen LogP contribution in [0.15, 0.2) is 23.1 Å². The SMILES string of the molecule is Cc1nccn1CC1CCCN1C(=O)c1coc(C2CCOCC2)n1. The molecule has 1 unspecified atom stereocenters. The Bertz CT molecular complexity index is 732. The van der Waals surface area contributed by atoms with Crippen molar-refractivity contribution in [1.82, 2.24) is 19.4 Å². The molecule has 0 saturated carbocycles. The van der Waals surface area contributed by atoms with Gasteiger partial charge < -0.3 is 18.6 Å². The Kier molecular flexibility index (Phi) is 4.57. The van der Waals surface area contributed by atoms with Gasteiger partial charge in [0.05, 0.1) is 6.04 Å². The molecule has 1 amide bonds. The van der Waals surface area contributed by atoms with Gasteiger partial charge in [0.2, 0.25) is 0 Å². The van der Waals surface area contributed by atoms with E-state index in [0.29, 0.717) is 11.6 Å². The first kappa shape index (κ1) is 16.3. The van der Waals surface area contributed by atoms with Crippen molar-refractivity contribution in [2.75, 3.05) is 19.8 Å². The number of hydrogen-bond acceptors (Lipinski definition) is 5. The largest absolute Gasteiger partial charge is 0.448 e. The summed E-state index contributed by atoms with van der Waals surface area (Å²) in [5.41, 5.74) is 0.427. The number of rotatable bonds is 4. The predicted molar refractivity (Wildman–Crippen MR) is 90.3 cm³/mol. The molecule has 2 saturated heterocycles. The fourth-order valence-electron chi connectivity index (χ4n) is 3.78. The Morgan fingerprint density at radius 3 is 2.92 bits per heavy atom.